The van der Waals surface area contributed by atoms with Crippen molar-refractivity contribution in [3.05, 3.63) is 72.1 Å². The number of rotatable bonds is 4. The molecule has 1 aromatic heterocycles. The summed E-state index contributed by atoms with van der Waals surface area (Å²) in [5.74, 6) is -0.410. The van der Waals surface area contributed by atoms with Gasteiger partial charge in [0.1, 0.15) is 5.75 Å². The van der Waals surface area contributed by atoms with Crippen molar-refractivity contribution >= 4 is 0 Å². The summed E-state index contributed by atoms with van der Waals surface area (Å²) in [5, 5.41) is 14.1. The van der Waals surface area contributed by atoms with Crippen molar-refractivity contribution < 1.29 is 18.3 Å². The number of halogens is 3. The van der Waals surface area contributed by atoms with E-state index in [0.717, 1.165) is 18.6 Å². The highest BCUT2D eigenvalue weighted by Crippen LogP contribution is 2.36. The number of alkyl halides is 3. The molecular weight excluding hydrogens is 317 g/mol. The van der Waals surface area contributed by atoms with Crippen LogP contribution < -0.4 is 0 Å². The minimum absolute atomic E-state index is 0.328. The molecule has 0 atom stereocenters. The lowest BCUT2D eigenvalue weighted by molar-refractivity contribution is -0.137. The van der Waals surface area contributed by atoms with Gasteiger partial charge in [0.2, 0.25) is 0 Å². The normalized spacial score (nSPS) is 11.6. The van der Waals surface area contributed by atoms with Gasteiger partial charge in [0.05, 0.1) is 11.8 Å². The monoisotopic (exact) mass is 332 g/mol. The van der Waals surface area contributed by atoms with Gasteiger partial charge in [-0.3, -0.25) is 4.68 Å². The molecule has 0 spiro atoms. The van der Waals surface area contributed by atoms with E-state index in [1.54, 1.807) is 10.9 Å². The van der Waals surface area contributed by atoms with E-state index in [-0.39, 0.29) is 0 Å². The molecule has 0 amide bonds. The number of aromatic hydroxyl groups is 1. The summed E-state index contributed by atoms with van der Waals surface area (Å²) in [6, 6.07) is 12.9. The Kier molecular flexibility index (Phi) is 4.29. The first-order chi connectivity index (χ1) is 11.4. The fourth-order valence-electron chi connectivity index (χ4n) is 2.47. The Morgan fingerprint density at radius 2 is 1.79 bits per heavy atom. The zero-order valence-electron chi connectivity index (χ0n) is 12.7. The van der Waals surface area contributed by atoms with Crippen LogP contribution in [0.25, 0.3) is 11.1 Å². The summed E-state index contributed by atoms with van der Waals surface area (Å²) in [6.07, 6.45) is -0.435. The van der Waals surface area contributed by atoms with E-state index in [1.807, 2.05) is 30.3 Å². The van der Waals surface area contributed by atoms with Gasteiger partial charge in [-0.2, -0.15) is 18.3 Å². The van der Waals surface area contributed by atoms with Crippen molar-refractivity contribution in [1.82, 2.24) is 9.78 Å². The maximum atomic E-state index is 12.6. The lowest BCUT2D eigenvalue weighted by Crippen LogP contribution is -2.04. The Balaban J connectivity index is 1.76. The summed E-state index contributed by atoms with van der Waals surface area (Å²) in [5.41, 5.74) is 1.20. The van der Waals surface area contributed by atoms with Crippen molar-refractivity contribution in [3.63, 3.8) is 0 Å². The standard InChI is InChI=1S/C18H15F3N2O/c19-18(20,21)15-6-7-16(17(24)10-15)14-11-22-23(12-14)9-8-13-4-2-1-3-5-13/h1-7,10-12,24H,8-9H2. The van der Waals surface area contributed by atoms with Gasteiger partial charge in [0, 0.05) is 23.9 Å². The molecule has 0 aliphatic rings. The lowest BCUT2D eigenvalue weighted by Gasteiger charge is -2.09. The van der Waals surface area contributed by atoms with Crippen LogP contribution in [0.15, 0.2) is 60.9 Å². The second-order valence-corrected chi connectivity index (χ2v) is 5.46. The Labute approximate surface area is 137 Å². The molecule has 3 aromatic rings. The van der Waals surface area contributed by atoms with Gasteiger partial charge in [-0.1, -0.05) is 30.3 Å². The van der Waals surface area contributed by atoms with E-state index in [1.165, 1.54) is 17.8 Å². The lowest BCUT2D eigenvalue weighted by atomic mass is 10.1. The Morgan fingerprint density at radius 1 is 1.04 bits per heavy atom. The molecule has 1 N–H and O–H groups in total. The molecule has 0 fully saturated rings. The first-order valence-corrected chi connectivity index (χ1v) is 7.40. The van der Waals surface area contributed by atoms with Gasteiger partial charge in [-0.05, 0) is 30.2 Å². The van der Waals surface area contributed by atoms with Crippen LogP contribution in [-0.4, -0.2) is 14.9 Å². The summed E-state index contributed by atoms with van der Waals surface area (Å²) < 4.78 is 39.6. The molecule has 0 aliphatic heterocycles. The number of phenols is 1. The maximum Gasteiger partial charge on any atom is 0.416 e. The first-order valence-electron chi connectivity index (χ1n) is 7.40. The third-order valence-corrected chi connectivity index (χ3v) is 3.74. The molecule has 3 rings (SSSR count). The van der Waals surface area contributed by atoms with Crippen LogP contribution in [0.5, 0.6) is 5.75 Å². The number of nitrogens with zero attached hydrogens (tertiary/aromatic N) is 2. The third kappa shape index (κ3) is 3.59. The van der Waals surface area contributed by atoms with Crippen molar-refractivity contribution in [2.24, 2.45) is 0 Å². The predicted molar refractivity (Wildman–Crippen MR) is 84.5 cm³/mol. The minimum atomic E-state index is -4.48. The second kappa shape index (κ2) is 6.39. The summed E-state index contributed by atoms with van der Waals surface area (Å²) >= 11 is 0. The van der Waals surface area contributed by atoms with Gasteiger partial charge in [0.15, 0.2) is 0 Å². The summed E-state index contributed by atoms with van der Waals surface area (Å²) in [6.45, 7) is 0.644. The molecule has 24 heavy (non-hydrogen) atoms. The Morgan fingerprint density at radius 3 is 2.46 bits per heavy atom. The average molecular weight is 332 g/mol. The topological polar surface area (TPSA) is 38.1 Å². The molecule has 0 unspecified atom stereocenters. The van der Waals surface area contributed by atoms with Crippen molar-refractivity contribution in [2.45, 2.75) is 19.1 Å². The van der Waals surface area contributed by atoms with Crippen molar-refractivity contribution in [1.29, 1.82) is 0 Å². The average Bonchev–Trinajstić information content (AvgIpc) is 3.01. The molecule has 0 saturated heterocycles. The van der Waals surface area contributed by atoms with Crippen LogP contribution in [0, 0.1) is 0 Å². The predicted octanol–water partition coefficient (Wildman–Crippen LogP) is 4.52. The SMILES string of the molecule is Oc1cc(C(F)(F)F)ccc1-c1cnn(CCc2ccccc2)c1. The van der Waals surface area contributed by atoms with E-state index in [0.29, 0.717) is 17.7 Å². The zero-order chi connectivity index (χ0) is 17.2. The highest BCUT2D eigenvalue weighted by molar-refractivity contribution is 5.69. The zero-order valence-corrected chi connectivity index (χ0v) is 12.7. The molecule has 124 valence electrons. The fraction of sp³-hybridized carbons (Fsp3) is 0.167. The molecule has 2 aromatic carbocycles. The molecule has 0 aliphatic carbocycles. The smallest absolute Gasteiger partial charge is 0.416 e. The van der Waals surface area contributed by atoms with Crippen LogP contribution in [-0.2, 0) is 19.1 Å². The molecule has 0 radical (unpaired) electrons. The second-order valence-electron chi connectivity index (χ2n) is 5.46. The van der Waals surface area contributed by atoms with E-state index in [4.69, 9.17) is 0 Å². The third-order valence-electron chi connectivity index (χ3n) is 3.74. The quantitative estimate of drug-likeness (QED) is 0.763. The van der Waals surface area contributed by atoms with Crippen molar-refractivity contribution in [2.75, 3.05) is 0 Å². The first kappa shape index (κ1) is 16.1. The van der Waals surface area contributed by atoms with Crippen LogP contribution in [0.3, 0.4) is 0 Å². The fourth-order valence-corrected chi connectivity index (χ4v) is 2.47. The molecule has 0 bridgehead atoms. The number of benzene rings is 2. The summed E-state index contributed by atoms with van der Waals surface area (Å²) in [4.78, 5) is 0. The number of aryl methyl sites for hydroxylation is 2. The summed E-state index contributed by atoms with van der Waals surface area (Å²) in [7, 11) is 0. The molecule has 0 saturated carbocycles. The van der Waals surface area contributed by atoms with Crippen LogP contribution >= 0.6 is 0 Å². The highest BCUT2D eigenvalue weighted by Gasteiger charge is 2.31. The largest absolute Gasteiger partial charge is 0.507 e. The number of hydrogen-bond acceptors (Lipinski definition) is 2. The van der Waals surface area contributed by atoms with Crippen molar-refractivity contribution in [3.8, 4) is 16.9 Å². The number of hydrogen-bond donors (Lipinski definition) is 1. The van der Waals surface area contributed by atoms with E-state index in [9.17, 15) is 18.3 Å². The van der Waals surface area contributed by atoms with Gasteiger partial charge < -0.3 is 5.11 Å². The van der Waals surface area contributed by atoms with Crippen LogP contribution in [0.4, 0.5) is 13.2 Å². The van der Waals surface area contributed by atoms with Gasteiger partial charge >= 0.3 is 6.18 Å². The highest BCUT2D eigenvalue weighted by atomic mass is 19.4. The van der Waals surface area contributed by atoms with Crippen LogP contribution in [0.2, 0.25) is 0 Å². The molecular formula is C18H15F3N2O. The molecule has 1 heterocycles. The van der Waals surface area contributed by atoms with Gasteiger partial charge in [-0.25, -0.2) is 0 Å². The van der Waals surface area contributed by atoms with E-state index < -0.39 is 17.5 Å². The minimum Gasteiger partial charge on any atom is -0.507 e. The Bertz CT molecular complexity index is 826. The van der Waals surface area contributed by atoms with Gasteiger partial charge in [0.25, 0.3) is 0 Å². The van der Waals surface area contributed by atoms with E-state index >= 15 is 0 Å². The number of aromatic nitrogens is 2. The van der Waals surface area contributed by atoms with E-state index in [2.05, 4.69) is 5.10 Å². The van der Waals surface area contributed by atoms with Gasteiger partial charge in [-0.15, -0.1) is 0 Å². The molecule has 6 heteroatoms. The Hall–Kier alpha value is -2.76. The van der Waals surface area contributed by atoms with Crippen LogP contribution in [0.1, 0.15) is 11.1 Å². The number of phenolic OH excluding ortho intramolecular Hbond substituents is 1. The maximum absolute atomic E-state index is 12.6. The molecule has 3 nitrogen and oxygen atoms in total.